The van der Waals surface area contributed by atoms with Gasteiger partial charge in [0, 0.05) is 17.8 Å². The fourth-order valence-corrected chi connectivity index (χ4v) is 4.69. The maximum absolute atomic E-state index is 13.3. The third kappa shape index (κ3) is 3.71. The van der Waals surface area contributed by atoms with Crippen LogP contribution in [0.15, 0.2) is 72.1 Å². The van der Waals surface area contributed by atoms with Gasteiger partial charge in [-0.2, -0.15) is 18.3 Å². The van der Waals surface area contributed by atoms with E-state index in [9.17, 15) is 18.0 Å². The number of hydrogen-bond donors (Lipinski definition) is 0. The Balaban J connectivity index is 1.49. The standard InChI is InChI=1S/C24H18F3N3OS/c25-24(26,27)22-15-20(21-8-4-14-32-21)30(28-22)18-11-9-17(10-12-18)23(31)29-13-3-6-16-5-1-2-7-19(16)29/h1-2,4-5,7-12,14-15H,3,6,13H2. The molecule has 0 bridgehead atoms. The minimum Gasteiger partial charge on any atom is -0.308 e. The maximum Gasteiger partial charge on any atom is 0.435 e. The van der Waals surface area contributed by atoms with Crippen molar-refractivity contribution >= 4 is 22.9 Å². The molecule has 1 amide bonds. The van der Waals surface area contributed by atoms with E-state index in [1.165, 1.54) is 16.0 Å². The summed E-state index contributed by atoms with van der Waals surface area (Å²) in [5.74, 6) is -0.126. The molecule has 0 spiro atoms. The van der Waals surface area contributed by atoms with Gasteiger partial charge in [-0.1, -0.05) is 24.3 Å². The van der Waals surface area contributed by atoms with E-state index in [1.807, 2.05) is 24.3 Å². The Morgan fingerprint density at radius 2 is 1.78 bits per heavy atom. The highest BCUT2D eigenvalue weighted by Gasteiger charge is 2.35. The number of alkyl halides is 3. The normalized spacial score (nSPS) is 13.8. The fraction of sp³-hybridized carbons (Fsp3) is 0.167. The number of nitrogens with zero attached hydrogens (tertiary/aromatic N) is 3. The van der Waals surface area contributed by atoms with E-state index >= 15 is 0 Å². The van der Waals surface area contributed by atoms with Crippen molar-refractivity contribution < 1.29 is 18.0 Å². The first kappa shape index (κ1) is 20.5. The predicted octanol–water partition coefficient (Wildman–Crippen LogP) is 6.21. The molecule has 1 aliphatic heterocycles. The highest BCUT2D eigenvalue weighted by Crippen LogP contribution is 2.35. The van der Waals surface area contributed by atoms with Gasteiger partial charge in [-0.3, -0.25) is 4.79 Å². The van der Waals surface area contributed by atoms with Crippen LogP contribution >= 0.6 is 11.3 Å². The van der Waals surface area contributed by atoms with Gasteiger partial charge in [0.1, 0.15) is 0 Å². The third-order valence-corrected chi connectivity index (χ3v) is 6.38. The van der Waals surface area contributed by atoms with Crippen LogP contribution in [0.4, 0.5) is 18.9 Å². The zero-order chi connectivity index (χ0) is 22.3. The van der Waals surface area contributed by atoms with Crippen molar-refractivity contribution in [2.45, 2.75) is 19.0 Å². The van der Waals surface area contributed by atoms with Crippen LogP contribution in [0.25, 0.3) is 16.3 Å². The largest absolute Gasteiger partial charge is 0.435 e. The number of para-hydroxylation sites is 1. The molecule has 32 heavy (non-hydrogen) atoms. The average molecular weight is 453 g/mol. The smallest absolute Gasteiger partial charge is 0.308 e. The first-order valence-electron chi connectivity index (χ1n) is 10.1. The van der Waals surface area contributed by atoms with Gasteiger partial charge in [0.2, 0.25) is 0 Å². The first-order valence-corrected chi connectivity index (χ1v) is 11.0. The maximum atomic E-state index is 13.3. The lowest BCUT2D eigenvalue weighted by molar-refractivity contribution is -0.141. The van der Waals surface area contributed by atoms with Gasteiger partial charge < -0.3 is 4.90 Å². The van der Waals surface area contributed by atoms with Crippen LogP contribution in [-0.4, -0.2) is 22.2 Å². The molecular weight excluding hydrogens is 435 g/mol. The van der Waals surface area contributed by atoms with Crippen molar-refractivity contribution in [3.05, 3.63) is 88.9 Å². The van der Waals surface area contributed by atoms with Crippen molar-refractivity contribution in [3.8, 4) is 16.3 Å². The third-order valence-electron chi connectivity index (χ3n) is 5.49. The second-order valence-electron chi connectivity index (χ2n) is 7.54. The number of carbonyl (C=O) groups excluding carboxylic acids is 1. The molecule has 0 saturated carbocycles. The van der Waals surface area contributed by atoms with Crippen LogP contribution in [0.5, 0.6) is 0 Å². The number of hydrogen-bond acceptors (Lipinski definition) is 3. The summed E-state index contributed by atoms with van der Waals surface area (Å²) in [4.78, 5) is 15.6. The number of benzene rings is 2. The Labute approximate surface area is 186 Å². The molecule has 2 aromatic heterocycles. The summed E-state index contributed by atoms with van der Waals surface area (Å²) >= 11 is 1.34. The lowest BCUT2D eigenvalue weighted by atomic mass is 10.0. The molecule has 0 aliphatic carbocycles. The quantitative estimate of drug-likeness (QED) is 0.370. The average Bonchev–Trinajstić information content (AvgIpc) is 3.48. The van der Waals surface area contributed by atoms with E-state index in [1.54, 1.807) is 46.7 Å². The summed E-state index contributed by atoms with van der Waals surface area (Å²) in [5.41, 5.74) is 2.39. The number of halogens is 3. The highest BCUT2D eigenvalue weighted by molar-refractivity contribution is 7.13. The van der Waals surface area contributed by atoms with Crippen LogP contribution in [0.2, 0.25) is 0 Å². The second-order valence-corrected chi connectivity index (χ2v) is 8.49. The van der Waals surface area contributed by atoms with Crippen molar-refractivity contribution in [2.75, 3.05) is 11.4 Å². The number of rotatable bonds is 3. The first-order chi connectivity index (χ1) is 15.4. The number of carbonyl (C=O) groups is 1. The molecule has 4 aromatic rings. The van der Waals surface area contributed by atoms with Gasteiger partial charge in [0.05, 0.1) is 16.3 Å². The summed E-state index contributed by atoms with van der Waals surface area (Å²) in [6.45, 7) is 0.633. The Kier molecular flexibility index (Phi) is 5.09. The van der Waals surface area contributed by atoms with Crippen molar-refractivity contribution in [2.24, 2.45) is 0 Å². The molecule has 0 unspecified atom stereocenters. The lowest BCUT2D eigenvalue weighted by Crippen LogP contribution is -2.35. The molecular formula is C24H18F3N3OS. The van der Waals surface area contributed by atoms with Crippen LogP contribution < -0.4 is 4.90 Å². The van der Waals surface area contributed by atoms with E-state index in [0.29, 0.717) is 28.4 Å². The topological polar surface area (TPSA) is 38.1 Å². The molecule has 0 fully saturated rings. The summed E-state index contributed by atoms with van der Waals surface area (Å²) in [5, 5.41) is 5.61. The number of anilines is 1. The van der Waals surface area contributed by atoms with Crippen LogP contribution in [-0.2, 0) is 12.6 Å². The zero-order valence-electron chi connectivity index (χ0n) is 16.8. The summed E-state index contributed by atoms with van der Waals surface area (Å²) in [6.07, 6.45) is -2.72. The number of thiophene rings is 1. The van der Waals surface area contributed by atoms with Crippen LogP contribution in [0.1, 0.15) is 28.0 Å². The van der Waals surface area contributed by atoms with Crippen LogP contribution in [0, 0.1) is 0 Å². The number of aromatic nitrogens is 2. The monoisotopic (exact) mass is 453 g/mol. The Bertz CT molecular complexity index is 1260. The summed E-state index contributed by atoms with van der Waals surface area (Å²) in [6, 6.07) is 19.0. The van der Waals surface area contributed by atoms with E-state index < -0.39 is 11.9 Å². The lowest BCUT2D eigenvalue weighted by Gasteiger charge is -2.29. The van der Waals surface area contributed by atoms with Gasteiger partial charge in [-0.15, -0.1) is 11.3 Å². The van der Waals surface area contributed by atoms with Crippen LogP contribution in [0.3, 0.4) is 0 Å². The molecule has 162 valence electrons. The number of amides is 1. The molecule has 0 N–H and O–H groups in total. The molecule has 8 heteroatoms. The van der Waals surface area contributed by atoms with E-state index in [4.69, 9.17) is 0 Å². The van der Waals surface area contributed by atoms with E-state index in [2.05, 4.69) is 5.10 Å². The van der Waals surface area contributed by atoms with E-state index in [-0.39, 0.29) is 5.91 Å². The van der Waals surface area contributed by atoms with E-state index in [0.717, 1.165) is 30.2 Å². The molecule has 2 aromatic carbocycles. The molecule has 0 saturated heterocycles. The molecule has 4 nitrogen and oxygen atoms in total. The summed E-state index contributed by atoms with van der Waals surface area (Å²) < 4.78 is 41.2. The molecule has 3 heterocycles. The van der Waals surface area contributed by atoms with Gasteiger partial charge in [-0.25, -0.2) is 4.68 Å². The molecule has 0 atom stereocenters. The molecule has 5 rings (SSSR count). The van der Waals surface area contributed by atoms with Crippen molar-refractivity contribution in [1.29, 1.82) is 0 Å². The summed E-state index contributed by atoms with van der Waals surface area (Å²) in [7, 11) is 0. The Morgan fingerprint density at radius 3 is 2.50 bits per heavy atom. The van der Waals surface area contributed by atoms with Crippen molar-refractivity contribution in [3.63, 3.8) is 0 Å². The Hall–Kier alpha value is -3.39. The second kappa shape index (κ2) is 7.94. The number of fused-ring (bicyclic) bond motifs is 1. The van der Waals surface area contributed by atoms with Gasteiger partial charge in [-0.05, 0) is 66.2 Å². The minimum absolute atomic E-state index is 0.126. The van der Waals surface area contributed by atoms with Crippen molar-refractivity contribution in [1.82, 2.24) is 9.78 Å². The van der Waals surface area contributed by atoms with Gasteiger partial charge in [0.25, 0.3) is 5.91 Å². The fourth-order valence-electron chi connectivity index (χ4n) is 3.96. The Morgan fingerprint density at radius 1 is 1.00 bits per heavy atom. The SMILES string of the molecule is O=C(c1ccc(-n2nc(C(F)(F)F)cc2-c2cccs2)cc1)N1CCCc2ccccc21. The molecule has 0 radical (unpaired) electrons. The predicted molar refractivity (Wildman–Crippen MR) is 118 cm³/mol. The van der Waals surface area contributed by atoms with Gasteiger partial charge in [0.15, 0.2) is 5.69 Å². The number of aryl methyl sites for hydroxylation is 1. The zero-order valence-corrected chi connectivity index (χ0v) is 17.7. The highest BCUT2D eigenvalue weighted by atomic mass is 32.1. The van der Waals surface area contributed by atoms with Gasteiger partial charge >= 0.3 is 6.18 Å². The minimum atomic E-state index is -4.55. The molecule has 1 aliphatic rings.